The van der Waals surface area contributed by atoms with Crippen molar-refractivity contribution in [3.63, 3.8) is 0 Å². The van der Waals surface area contributed by atoms with Gasteiger partial charge in [-0.05, 0) is 6.92 Å². The molecule has 0 aliphatic rings. The van der Waals surface area contributed by atoms with E-state index in [1.54, 1.807) is 6.92 Å². The molecule has 0 saturated heterocycles. The molecule has 0 fully saturated rings. The number of nitrogens with two attached hydrogens (primary N) is 3. The SMILES string of the molecule is CC(C=NNC(=N)N)=NN=C(N)N.Cl.Cl.O. The van der Waals surface area contributed by atoms with Gasteiger partial charge in [0.2, 0.25) is 11.9 Å². The van der Waals surface area contributed by atoms with Crippen LogP contribution in [-0.2, 0) is 0 Å². The molecule has 0 atom stereocenters. The summed E-state index contributed by atoms with van der Waals surface area (Å²) in [4.78, 5) is 0. The summed E-state index contributed by atoms with van der Waals surface area (Å²) in [6.45, 7) is 1.64. The number of guanidine groups is 2. The summed E-state index contributed by atoms with van der Waals surface area (Å²) in [5.74, 6) is -0.391. The number of nitrogens with zero attached hydrogens (tertiary/aromatic N) is 3. The molecule has 0 spiro atoms. The summed E-state index contributed by atoms with van der Waals surface area (Å²) in [6, 6.07) is 0. The highest BCUT2D eigenvalue weighted by molar-refractivity contribution is 6.29. The summed E-state index contributed by atoms with van der Waals surface area (Å²) in [5.41, 5.74) is 17.7. The van der Waals surface area contributed by atoms with Crippen LogP contribution in [0, 0.1) is 5.41 Å². The van der Waals surface area contributed by atoms with Gasteiger partial charge in [0, 0.05) is 0 Å². The lowest BCUT2D eigenvalue weighted by molar-refractivity contribution is 0.824. The number of hydrazone groups is 1. The molecule has 0 aromatic rings. The third kappa shape index (κ3) is 18.3. The third-order valence-electron chi connectivity index (χ3n) is 0.760. The van der Waals surface area contributed by atoms with Crippen LogP contribution < -0.4 is 22.6 Å². The Morgan fingerprint density at radius 2 is 1.69 bits per heavy atom. The molecule has 0 aliphatic heterocycles. The van der Waals surface area contributed by atoms with E-state index in [-0.39, 0.29) is 42.2 Å². The highest BCUT2D eigenvalue weighted by Crippen LogP contribution is 1.74. The van der Waals surface area contributed by atoms with E-state index in [2.05, 4.69) is 20.7 Å². The summed E-state index contributed by atoms with van der Waals surface area (Å²) in [7, 11) is 0. The first-order valence-electron chi connectivity index (χ1n) is 3.28. The van der Waals surface area contributed by atoms with Crippen LogP contribution in [0.2, 0.25) is 0 Å². The molecule has 11 heteroatoms. The Balaban J connectivity index is -0.000000240. The van der Waals surface area contributed by atoms with Crippen molar-refractivity contribution in [2.24, 2.45) is 32.5 Å². The van der Waals surface area contributed by atoms with Crippen molar-refractivity contribution in [3.8, 4) is 0 Å². The molecule has 0 rings (SSSR count). The number of hydrogen-bond donors (Lipinski definition) is 5. The second-order valence-corrected chi connectivity index (χ2v) is 2.05. The fourth-order valence-corrected chi connectivity index (χ4v) is 0.358. The van der Waals surface area contributed by atoms with E-state index in [1.807, 2.05) is 0 Å². The van der Waals surface area contributed by atoms with Gasteiger partial charge in [-0.1, -0.05) is 0 Å². The molecule has 96 valence electrons. The lowest BCUT2D eigenvalue weighted by atomic mass is 10.5. The zero-order valence-corrected chi connectivity index (χ0v) is 10.1. The molecule has 0 heterocycles. The number of halogens is 2. The maximum Gasteiger partial charge on any atom is 0.211 e. The van der Waals surface area contributed by atoms with Crippen molar-refractivity contribution in [1.82, 2.24) is 5.43 Å². The van der Waals surface area contributed by atoms with E-state index in [1.165, 1.54) is 6.21 Å². The van der Waals surface area contributed by atoms with Gasteiger partial charge >= 0.3 is 0 Å². The maximum atomic E-state index is 6.75. The number of hydrogen-bond acceptors (Lipinski definition) is 4. The van der Waals surface area contributed by atoms with Crippen molar-refractivity contribution >= 4 is 48.7 Å². The van der Waals surface area contributed by atoms with E-state index >= 15 is 0 Å². The highest BCUT2D eigenvalue weighted by atomic mass is 35.5. The molecule has 0 bridgehead atoms. The molecule has 0 unspecified atom stereocenters. The van der Waals surface area contributed by atoms with Crippen LogP contribution in [0.3, 0.4) is 0 Å². The minimum atomic E-state index is -0.258. The Morgan fingerprint density at radius 1 is 1.19 bits per heavy atom. The molecule has 0 aliphatic carbocycles. The van der Waals surface area contributed by atoms with Crippen LogP contribution in [0.5, 0.6) is 0 Å². The maximum absolute atomic E-state index is 6.75. The van der Waals surface area contributed by atoms with Gasteiger partial charge in [0.25, 0.3) is 0 Å². The predicted octanol–water partition coefficient (Wildman–Crippen LogP) is -1.88. The summed E-state index contributed by atoms with van der Waals surface area (Å²) in [5, 5.41) is 17.2. The first kappa shape index (κ1) is 23.9. The Morgan fingerprint density at radius 3 is 2.06 bits per heavy atom. The minimum absolute atomic E-state index is 0. The summed E-state index contributed by atoms with van der Waals surface area (Å²) >= 11 is 0. The van der Waals surface area contributed by atoms with Crippen molar-refractivity contribution < 1.29 is 5.48 Å². The quantitative estimate of drug-likeness (QED) is 0.229. The van der Waals surface area contributed by atoms with Crippen LogP contribution in [0.1, 0.15) is 6.92 Å². The van der Waals surface area contributed by atoms with Crippen molar-refractivity contribution in [3.05, 3.63) is 0 Å². The lowest BCUT2D eigenvalue weighted by Crippen LogP contribution is -2.25. The molecular formula is C5H16Cl2N8O. The van der Waals surface area contributed by atoms with Gasteiger partial charge < -0.3 is 22.7 Å². The standard InChI is InChI=1S/C5H12N8.2ClH.H2O/c1-3(11-13-5(8)9)2-10-12-4(6)7;;;/h2H,1H3,(H4,6,7,12)(H4,8,9,13);2*1H;1H2. The Hall–Kier alpha value is -1.58. The Bertz CT molecular complexity index is 272. The van der Waals surface area contributed by atoms with Crippen LogP contribution in [0.15, 0.2) is 15.3 Å². The van der Waals surface area contributed by atoms with Gasteiger partial charge in [-0.2, -0.15) is 10.2 Å². The van der Waals surface area contributed by atoms with E-state index in [0.717, 1.165) is 0 Å². The molecule has 0 saturated carbocycles. The van der Waals surface area contributed by atoms with E-state index in [4.69, 9.17) is 22.6 Å². The highest BCUT2D eigenvalue weighted by Gasteiger charge is 1.84. The molecule has 0 amide bonds. The second-order valence-electron chi connectivity index (χ2n) is 2.05. The third-order valence-corrected chi connectivity index (χ3v) is 0.760. The molecule has 16 heavy (non-hydrogen) atoms. The van der Waals surface area contributed by atoms with E-state index in [9.17, 15) is 0 Å². The molecule has 0 aromatic carbocycles. The fraction of sp³-hybridized carbons (Fsp3) is 0.200. The zero-order valence-electron chi connectivity index (χ0n) is 8.47. The van der Waals surface area contributed by atoms with Gasteiger partial charge in [-0.3, -0.25) is 5.41 Å². The predicted molar refractivity (Wildman–Crippen MR) is 70.6 cm³/mol. The van der Waals surface area contributed by atoms with Crippen LogP contribution in [-0.4, -0.2) is 29.3 Å². The van der Waals surface area contributed by atoms with Gasteiger partial charge in [0.15, 0.2) is 0 Å². The monoisotopic (exact) mass is 274 g/mol. The molecule has 9 nitrogen and oxygen atoms in total. The molecule has 0 aromatic heterocycles. The Labute approximate surface area is 105 Å². The van der Waals surface area contributed by atoms with Gasteiger partial charge in [-0.15, -0.1) is 29.9 Å². The van der Waals surface area contributed by atoms with Crippen molar-refractivity contribution in [2.45, 2.75) is 6.92 Å². The fourth-order valence-electron chi connectivity index (χ4n) is 0.358. The largest absolute Gasteiger partial charge is 0.412 e. The van der Waals surface area contributed by atoms with Gasteiger partial charge in [-0.25, -0.2) is 5.43 Å². The molecule has 0 radical (unpaired) electrons. The van der Waals surface area contributed by atoms with Crippen LogP contribution >= 0.6 is 24.8 Å². The molecular weight excluding hydrogens is 259 g/mol. The average molecular weight is 275 g/mol. The zero-order chi connectivity index (χ0) is 10.3. The topological polar surface area (TPSA) is 183 Å². The average Bonchev–Trinajstić information content (AvgIpc) is 2.00. The van der Waals surface area contributed by atoms with Crippen LogP contribution in [0.25, 0.3) is 0 Å². The summed E-state index contributed by atoms with van der Waals surface area (Å²) in [6.07, 6.45) is 1.33. The van der Waals surface area contributed by atoms with Crippen molar-refractivity contribution in [2.75, 3.05) is 0 Å². The smallest absolute Gasteiger partial charge is 0.211 e. The normalized spacial score (nSPS) is 9.19. The number of nitrogens with one attached hydrogen (secondary N) is 2. The minimum Gasteiger partial charge on any atom is -0.412 e. The van der Waals surface area contributed by atoms with Gasteiger partial charge in [0.05, 0.1) is 11.9 Å². The first-order valence-corrected chi connectivity index (χ1v) is 3.28. The first-order chi connectivity index (χ1) is 6.02. The van der Waals surface area contributed by atoms with Gasteiger partial charge in [0.1, 0.15) is 0 Å². The lowest BCUT2D eigenvalue weighted by Gasteiger charge is -1.92. The van der Waals surface area contributed by atoms with Crippen molar-refractivity contribution in [1.29, 1.82) is 5.41 Å². The van der Waals surface area contributed by atoms with E-state index < -0.39 is 0 Å². The Kier molecular flexibility index (Phi) is 20.1. The number of rotatable bonds is 3. The van der Waals surface area contributed by atoms with Crippen LogP contribution in [0.4, 0.5) is 0 Å². The van der Waals surface area contributed by atoms with E-state index in [0.29, 0.717) is 5.71 Å². The second kappa shape index (κ2) is 13.4. The molecule has 10 N–H and O–H groups in total. The summed E-state index contributed by atoms with van der Waals surface area (Å²) < 4.78 is 0.